The quantitative estimate of drug-likeness (QED) is 0.416. The Morgan fingerprint density at radius 3 is 2.27 bits per heavy atom. The molecule has 0 aliphatic heterocycles. The molecule has 0 aliphatic rings. The van der Waals surface area contributed by atoms with Gasteiger partial charge in [0, 0.05) is 18.6 Å². The summed E-state index contributed by atoms with van der Waals surface area (Å²) in [4.78, 5) is 27.3. The number of sulfonamides is 1. The van der Waals surface area contributed by atoms with E-state index >= 15 is 0 Å². The maximum Gasteiger partial charge on any atom is 0.264 e. The van der Waals surface area contributed by atoms with Gasteiger partial charge in [0.05, 0.1) is 17.7 Å². The van der Waals surface area contributed by atoms with Crippen molar-refractivity contribution in [2.24, 2.45) is 0 Å². The van der Waals surface area contributed by atoms with Gasteiger partial charge in [0.1, 0.15) is 24.2 Å². The summed E-state index contributed by atoms with van der Waals surface area (Å²) in [7, 11) is -1.37. The molecular weight excluding hydrogens is 521 g/mol. The molecule has 3 aromatic rings. The number of nitrogens with zero attached hydrogens (tertiary/aromatic N) is 2. The lowest BCUT2D eigenvalue weighted by Gasteiger charge is -2.31. The van der Waals surface area contributed by atoms with Crippen LogP contribution in [0.25, 0.3) is 0 Å². The molecule has 0 saturated heterocycles. The summed E-state index contributed by atoms with van der Waals surface area (Å²) in [6.45, 7) is 0.914. The SMILES string of the molecule is CNC(=O)[C@@H](C)N(Cc1cccc(Cl)c1)C(=O)CN(c1ccc(F)cc1)S(=O)(=O)c1ccc(OC)cc1. The normalized spacial score (nSPS) is 11.9. The number of nitrogens with one attached hydrogen (secondary N) is 1. The third-order valence-corrected chi connectivity index (χ3v) is 7.72. The molecule has 0 fully saturated rings. The Hall–Kier alpha value is -3.63. The molecule has 196 valence electrons. The van der Waals surface area contributed by atoms with Crippen LogP contribution in [0.3, 0.4) is 0 Å². The third kappa shape index (κ3) is 6.78. The van der Waals surface area contributed by atoms with Crippen molar-refractivity contribution >= 4 is 39.1 Å². The van der Waals surface area contributed by atoms with Gasteiger partial charge in [-0.25, -0.2) is 12.8 Å². The van der Waals surface area contributed by atoms with Crippen LogP contribution in [-0.4, -0.2) is 51.9 Å². The minimum absolute atomic E-state index is 0.00776. The average molecular weight is 548 g/mol. The molecule has 11 heteroatoms. The van der Waals surface area contributed by atoms with E-state index in [1.54, 1.807) is 31.2 Å². The van der Waals surface area contributed by atoms with Gasteiger partial charge in [0.2, 0.25) is 11.8 Å². The highest BCUT2D eigenvalue weighted by Gasteiger charge is 2.32. The number of amides is 2. The number of benzene rings is 3. The molecule has 2 amide bonds. The zero-order valence-corrected chi connectivity index (χ0v) is 22.1. The van der Waals surface area contributed by atoms with Crippen molar-refractivity contribution in [1.82, 2.24) is 10.2 Å². The summed E-state index contributed by atoms with van der Waals surface area (Å²) in [6.07, 6.45) is 0. The van der Waals surface area contributed by atoms with Crippen LogP contribution in [-0.2, 0) is 26.2 Å². The number of likely N-dealkylation sites (N-methyl/N-ethyl adjacent to an activating group) is 1. The molecule has 8 nitrogen and oxygen atoms in total. The van der Waals surface area contributed by atoms with Crippen LogP contribution in [0.5, 0.6) is 5.75 Å². The van der Waals surface area contributed by atoms with Gasteiger partial charge in [0.25, 0.3) is 10.0 Å². The van der Waals surface area contributed by atoms with Crippen molar-refractivity contribution in [3.8, 4) is 5.75 Å². The fourth-order valence-corrected chi connectivity index (χ4v) is 5.26. The van der Waals surface area contributed by atoms with Crippen molar-refractivity contribution in [3.63, 3.8) is 0 Å². The van der Waals surface area contributed by atoms with Crippen molar-refractivity contribution in [2.75, 3.05) is 25.0 Å². The molecule has 0 aliphatic carbocycles. The first-order chi connectivity index (χ1) is 17.6. The Morgan fingerprint density at radius 2 is 1.70 bits per heavy atom. The fraction of sp³-hybridized carbons (Fsp3) is 0.231. The van der Waals surface area contributed by atoms with Crippen LogP contribution in [0.2, 0.25) is 5.02 Å². The number of anilines is 1. The van der Waals surface area contributed by atoms with E-state index < -0.39 is 40.2 Å². The summed E-state index contributed by atoms with van der Waals surface area (Å²) < 4.78 is 47.0. The summed E-state index contributed by atoms with van der Waals surface area (Å²) in [6, 6.07) is 16.3. The Kier molecular flexibility index (Phi) is 9.12. The highest BCUT2D eigenvalue weighted by Crippen LogP contribution is 2.26. The van der Waals surface area contributed by atoms with Crippen molar-refractivity contribution in [1.29, 1.82) is 0 Å². The fourth-order valence-electron chi connectivity index (χ4n) is 3.63. The van der Waals surface area contributed by atoms with E-state index in [-0.39, 0.29) is 17.1 Å². The number of rotatable bonds is 10. The highest BCUT2D eigenvalue weighted by atomic mass is 35.5. The second-order valence-corrected chi connectivity index (χ2v) is 10.4. The van der Waals surface area contributed by atoms with Crippen LogP contribution in [0.1, 0.15) is 12.5 Å². The van der Waals surface area contributed by atoms with E-state index in [2.05, 4.69) is 5.32 Å². The smallest absolute Gasteiger partial charge is 0.264 e. The minimum Gasteiger partial charge on any atom is -0.497 e. The molecule has 0 saturated carbocycles. The van der Waals surface area contributed by atoms with E-state index in [1.807, 2.05) is 0 Å². The van der Waals surface area contributed by atoms with E-state index in [4.69, 9.17) is 16.3 Å². The predicted octanol–water partition coefficient (Wildman–Crippen LogP) is 3.85. The number of methoxy groups -OCH3 is 1. The van der Waals surface area contributed by atoms with E-state index in [9.17, 15) is 22.4 Å². The van der Waals surface area contributed by atoms with Gasteiger partial charge in [-0.05, 0) is 73.2 Å². The highest BCUT2D eigenvalue weighted by molar-refractivity contribution is 7.92. The van der Waals surface area contributed by atoms with Gasteiger partial charge in [-0.2, -0.15) is 0 Å². The monoisotopic (exact) mass is 547 g/mol. The number of ether oxygens (including phenoxy) is 1. The summed E-state index contributed by atoms with van der Waals surface area (Å²) in [5.41, 5.74) is 0.740. The molecule has 3 rings (SSSR count). The zero-order valence-electron chi connectivity index (χ0n) is 20.5. The van der Waals surface area contributed by atoms with Gasteiger partial charge in [-0.15, -0.1) is 0 Å². The van der Waals surface area contributed by atoms with Crippen LogP contribution >= 0.6 is 11.6 Å². The number of carbonyl (C=O) groups is 2. The first-order valence-corrected chi connectivity index (χ1v) is 13.1. The maximum absolute atomic E-state index is 13.7. The molecule has 0 spiro atoms. The minimum atomic E-state index is -4.27. The lowest BCUT2D eigenvalue weighted by Crippen LogP contribution is -2.50. The number of halogens is 2. The summed E-state index contributed by atoms with van der Waals surface area (Å²) >= 11 is 6.09. The third-order valence-electron chi connectivity index (χ3n) is 5.70. The molecule has 3 aromatic carbocycles. The van der Waals surface area contributed by atoms with Crippen molar-refractivity contribution in [2.45, 2.75) is 24.4 Å². The van der Waals surface area contributed by atoms with Gasteiger partial charge >= 0.3 is 0 Å². The van der Waals surface area contributed by atoms with Crippen molar-refractivity contribution < 1.29 is 27.1 Å². The first kappa shape index (κ1) is 27.9. The van der Waals surface area contributed by atoms with Crippen LogP contribution in [0, 0.1) is 5.82 Å². The van der Waals surface area contributed by atoms with E-state index in [0.717, 1.165) is 16.4 Å². The lowest BCUT2D eigenvalue weighted by atomic mass is 10.1. The predicted molar refractivity (Wildman–Crippen MR) is 139 cm³/mol. The molecular formula is C26H27ClFN3O5S. The Morgan fingerprint density at radius 1 is 1.05 bits per heavy atom. The molecule has 0 radical (unpaired) electrons. The summed E-state index contributed by atoms with van der Waals surface area (Å²) in [5.74, 6) is -1.18. The van der Waals surface area contributed by atoms with Crippen LogP contribution in [0.15, 0.2) is 77.7 Å². The van der Waals surface area contributed by atoms with Gasteiger partial charge in [-0.1, -0.05) is 23.7 Å². The first-order valence-electron chi connectivity index (χ1n) is 11.2. The number of hydrogen-bond donors (Lipinski definition) is 1. The molecule has 1 atom stereocenters. The Balaban J connectivity index is 2.02. The summed E-state index contributed by atoms with van der Waals surface area (Å²) in [5, 5.41) is 2.96. The van der Waals surface area contributed by atoms with E-state index in [1.165, 1.54) is 55.5 Å². The topological polar surface area (TPSA) is 96.0 Å². The molecule has 0 bridgehead atoms. The van der Waals surface area contributed by atoms with Crippen LogP contribution in [0.4, 0.5) is 10.1 Å². The molecule has 0 unspecified atom stereocenters. The standard InChI is InChI=1S/C26H27ClFN3O5S/c1-18(26(33)29-2)30(16-19-5-4-6-20(27)15-19)25(32)17-31(22-9-7-21(28)8-10-22)37(34,35)24-13-11-23(36-3)12-14-24/h4-15,18H,16-17H2,1-3H3,(H,29,33)/t18-/m1/s1. The van der Waals surface area contributed by atoms with E-state index in [0.29, 0.717) is 16.3 Å². The largest absolute Gasteiger partial charge is 0.497 e. The molecule has 0 heterocycles. The van der Waals surface area contributed by atoms with Crippen LogP contribution < -0.4 is 14.4 Å². The molecule has 1 N–H and O–H groups in total. The lowest BCUT2D eigenvalue weighted by molar-refractivity contribution is -0.139. The molecule has 37 heavy (non-hydrogen) atoms. The van der Waals surface area contributed by atoms with Gasteiger partial charge < -0.3 is 15.0 Å². The Labute approximate surface area is 220 Å². The maximum atomic E-state index is 13.7. The Bertz CT molecular complexity index is 1350. The molecule has 0 aromatic heterocycles. The average Bonchev–Trinajstić information content (AvgIpc) is 2.90. The number of hydrogen-bond acceptors (Lipinski definition) is 5. The number of carbonyl (C=O) groups excluding carboxylic acids is 2. The van der Waals surface area contributed by atoms with Gasteiger partial charge in [-0.3, -0.25) is 13.9 Å². The zero-order chi connectivity index (χ0) is 27.2. The second kappa shape index (κ2) is 12.1. The van der Waals surface area contributed by atoms with Crippen molar-refractivity contribution in [3.05, 3.63) is 89.2 Å². The van der Waals surface area contributed by atoms with Gasteiger partial charge in [0.15, 0.2) is 0 Å². The second-order valence-electron chi connectivity index (χ2n) is 8.11.